The highest BCUT2D eigenvalue weighted by Crippen LogP contribution is 2.34. The number of carbonyl (C=O) groups excluding carboxylic acids is 3. The standard InChI is InChI=1S/C16H15NO5S/c1-21-11-6-5-9(8-13-14(18)17-16(20)23-13)7-12(11)22-15(19)10-3-2-4-10/h5-8,10H,2-4H2,1H3,(H,17,18,20)/b13-8-. The van der Waals surface area contributed by atoms with Crippen LogP contribution in [0.1, 0.15) is 24.8 Å². The summed E-state index contributed by atoms with van der Waals surface area (Å²) in [6.45, 7) is 0. The summed E-state index contributed by atoms with van der Waals surface area (Å²) in [5.74, 6) is 0.0229. The van der Waals surface area contributed by atoms with Gasteiger partial charge in [-0.05, 0) is 48.4 Å². The summed E-state index contributed by atoms with van der Waals surface area (Å²) in [5, 5.41) is 1.80. The van der Waals surface area contributed by atoms with Gasteiger partial charge in [-0.2, -0.15) is 0 Å². The Balaban J connectivity index is 1.83. The van der Waals surface area contributed by atoms with Gasteiger partial charge in [0.05, 0.1) is 17.9 Å². The lowest BCUT2D eigenvalue weighted by Gasteiger charge is -2.23. The molecule has 2 amide bonds. The minimum absolute atomic E-state index is 0.0458. The lowest BCUT2D eigenvalue weighted by molar-refractivity contribution is -0.141. The number of hydrogen-bond donors (Lipinski definition) is 1. The molecule has 1 aliphatic heterocycles. The van der Waals surface area contributed by atoms with Crippen LogP contribution in [0.2, 0.25) is 0 Å². The molecule has 1 aromatic rings. The van der Waals surface area contributed by atoms with Crippen LogP contribution in [0.3, 0.4) is 0 Å². The smallest absolute Gasteiger partial charge is 0.314 e. The molecular formula is C16H15NO5S. The zero-order valence-corrected chi connectivity index (χ0v) is 13.3. The minimum atomic E-state index is -0.427. The molecule has 0 atom stereocenters. The summed E-state index contributed by atoms with van der Waals surface area (Å²) in [5.41, 5.74) is 0.648. The van der Waals surface area contributed by atoms with E-state index in [-0.39, 0.29) is 11.9 Å². The first-order chi connectivity index (χ1) is 11.1. The molecule has 2 aliphatic rings. The summed E-state index contributed by atoms with van der Waals surface area (Å²) in [6, 6.07) is 5.01. The fourth-order valence-corrected chi connectivity index (χ4v) is 2.95. The highest BCUT2D eigenvalue weighted by Gasteiger charge is 2.28. The number of imide groups is 1. The summed E-state index contributed by atoms with van der Waals surface area (Å²) in [7, 11) is 1.49. The fraction of sp³-hybridized carbons (Fsp3) is 0.312. The third kappa shape index (κ3) is 3.39. The molecule has 120 valence electrons. The van der Waals surface area contributed by atoms with Crippen LogP contribution in [0, 0.1) is 5.92 Å². The van der Waals surface area contributed by atoms with Gasteiger partial charge in [-0.3, -0.25) is 19.7 Å². The van der Waals surface area contributed by atoms with Crippen LogP contribution in [0.5, 0.6) is 11.5 Å². The van der Waals surface area contributed by atoms with Gasteiger partial charge in [-0.1, -0.05) is 12.5 Å². The molecule has 3 rings (SSSR count). The first kappa shape index (κ1) is 15.6. The summed E-state index contributed by atoms with van der Waals surface area (Å²) < 4.78 is 10.6. The SMILES string of the molecule is COc1ccc(/C=C2\SC(=O)NC2=O)cc1OC(=O)C1CCC1. The van der Waals surface area contributed by atoms with Gasteiger partial charge in [0.25, 0.3) is 11.1 Å². The number of benzene rings is 1. The predicted molar refractivity (Wildman–Crippen MR) is 85.1 cm³/mol. The van der Waals surface area contributed by atoms with Crippen LogP contribution in [-0.4, -0.2) is 24.2 Å². The molecule has 6 nitrogen and oxygen atoms in total. The number of thioether (sulfide) groups is 1. The number of hydrogen-bond acceptors (Lipinski definition) is 6. The van der Waals surface area contributed by atoms with Crippen molar-refractivity contribution >= 4 is 35.0 Å². The van der Waals surface area contributed by atoms with Crippen molar-refractivity contribution in [2.45, 2.75) is 19.3 Å². The van der Waals surface area contributed by atoms with E-state index in [0.717, 1.165) is 31.0 Å². The molecule has 0 spiro atoms. The fourth-order valence-electron chi connectivity index (χ4n) is 2.27. The van der Waals surface area contributed by atoms with E-state index in [0.29, 0.717) is 22.0 Å². The van der Waals surface area contributed by atoms with E-state index >= 15 is 0 Å². The van der Waals surface area contributed by atoms with Crippen LogP contribution < -0.4 is 14.8 Å². The number of methoxy groups -OCH3 is 1. The molecule has 1 N–H and O–H groups in total. The van der Waals surface area contributed by atoms with E-state index in [4.69, 9.17) is 9.47 Å². The van der Waals surface area contributed by atoms with Crippen molar-refractivity contribution < 1.29 is 23.9 Å². The second-order valence-corrected chi connectivity index (χ2v) is 6.33. The van der Waals surface area contributed by atoms with Crippen molar-refractivity contribution in [1.82, 2.24) is 5.32 Å². The zero-order chi connectivity index (χ0) is 16.4. The van der Waals surface area contributed by atoms with Crippen molar-refractivity contribution in [3.8, 4) is 11.5 Å². The predicted octanol–water partition coefficient (Wildman–Crippen LogP) is 2.72. The second-order valence-electron chi connectivity index (χ2n) is 5.31. The first-order valence-corrected chi connectivity index (χ1v) is 8.03. The van der Waals surface area contributed by atoms with Gasteiger partial charge in [0.2, 0.25) is 0 Å². The van der Waals surface area contributed by atoms with Crippen molar-refractivity contribution in [2.75, 3.05) is 7.11 Å². The zero-order valence-electron chi connectivity index (χ0n) is 12.5. The lowest BCUT2D eigenvalue weighted by atomic mass is 9.86. The van der Waals surface area contributed by atoms with Gasteiger partial charge < -0.3 is 9.47 Å². The van der Waals surface area contributed by atoms with Crippen LogP contribution >= 0.6 is 11.8 Å². The van der Waals surface area contributed by atoms with Crippen LogP contribution in [-0.2, 0) is 9.59 Å². The monoisotopic (exact) mass is 333 g/mol. The van der Waals surface area contributed by atoms with Gasteiger partial charge in [-0.15, -0.1) is 0 Å². The van der Waals surface area contributed by atoms with Gasteiger partial charge in [-0.25, -0.2) is 0 Å². The first-order valence-electron chi connectivity index (χ1n) is 7.21. The number of rotatable bonds is 4. The molecule has 0 radical (unpaired) electrons. The molecule has 1 aliphatic carbocycles. The summed E-state index contributed by atoms with van der Waals surface area (Å²) >= 11 is 0.838. The molecule has 0 bridgehead atoms. The number of esters is 1. The van der Waals surface area contributed by atoms with E-state index in [1.807, 2.05) is 0 Å². The Morgan fingerprint density at radius 3 is 2.65 bits per heavy atom. The van der Waals surface area contributed by atoms with Gasteiger partial charge in [0, 0.05) is 0 Å². The molecule has 1 saturated heterocycles. The van der Waals surface area contributed by atoms with Crippen LogP contribution in [0.25, 0.3) is 6.08 Å². The molecule has 2 fully saturated rings. The maximum absolute atomic E-state index is 12.0. The summed E-state index contributed by atoms with van der Waals surface area (Å²) in [4.78, 5) is 35.1. The van der Waals surface area contributed by atoms with Crippen LogP contribution in [0.15, 0.2) is 23.1 Å². The number of amides is 2. The van der Waals surface area contributed by atoms with Crippen molar-refractivity contribution in [3.05, 3.63) is 28.7 Å². The van der Waals surface area contributed by atoms with E-state index in [1.165, 1.54) is 7.11 Å². The number of carbonyl (C=O) groups is 3. The lowest BCUT2D eigenvalue weighted by Crippen LogP contribution is -2.26. The molecule has 7 heteroatoms. The van der Waals surface area contributed by atoms with Gasteiger partial charge >= 0.3 is 5.97 Å². The Bertz CT molecular complexity index is 708. The Hall–Kier alpha value is -2.28. The van der Waals surface area contributed by atoms with E-state index in [2.05, 4.69) is 5.32 Å². The highest BCUT2D eigenvalue weighted by molar-refractivity contribution is 8.18. The van der Waals surface area contributed by atoms with Gasteiger partial charge in [0.15, 0.2) is 11.5 Å². The third-order valence-corrected chi connectivity index (χ3v) is 4.59. The molecule has 0 unspecified atom stereocenters. The molecule has 1 heterocycles. The maximum atomic E-state index is 12.0. The number of nitrogens with one attached hydrogen (secondary N) is 1. The minimum Gasteiger partial charge on any atom is -0.493 e. The molecule has 23 heavy (non-hydrogen) atoms. The van der Waals surface area contributed by atoms with Crippen molar-refractivity contribution in [1.29, 1.82) is 0 Å². The van der Waals surface area contributed by atoms with E-state index < -0.39 is 11.1 Å². The molecular weight excluding hydrogens is 318 g/mol. The Morgan fingerprint density at radius 1 is 1.30 bits per heavy atom. The van der Waals surface area contributed by atoms with E-state index in [1.54, 1.807) is 24.3 Å². The highest BCUT2D eigenvalue weighted by atomic mass is 32.2. The Labute approximate surface area is 137 Å². The summed E-state index contributed by atoms with van der Waals surface area (Å²) in [6.07, 6.45) is 4.32. The van der Waals surface area contributed by atoms with Crippen molar-refractivity contribution in [3.63, 3.8) is 0 Å². The topological polar surface area (TPSA) is 81.7 Å². The van der Waals surface area contributed by atoms with Gasteiger partial charge in [0.1, 0.15) is 0 Å². The number of ether oxygens (including phenoxy) is 2. The largest absolute Gasteiger partial charge is 0.493 e. The maximum Gasteiger partial charge on any atom is 0.314 e. The Morgan fingerprint density at radius 2 is 2.09 bits per heavy atom. The third-order valence-electron chi connectivity index (χ3n) is 3.78. The normalized spacial score (nSPS) is 19.4. The van der Waals surface area contributed by atoms with Crippen molar-refractivity contribution in [2.24, 2.45) is 5.92 Å². The molecule has 1 aromatic carbocycles. The molecule has 0 aromatic heterocycles. The molecule has 1 saturated carbocycles. The quantitative estimate of drug-likeness (QED) is 0.518. The van der Waals surface area contributed by atoms with Crippen LogP contribution in [0.4, 0.5) is 4.79 Å². The average Bonchev–Trinajstić information content (AvgIpc) is 2.75. The van der Waals surface area contributed by atoms with E-state index in [9.17, 15) is 14.4 Å². The average molecular weight is 333 g/mol. The second kappa shape index (κ2) is 6.45. The Kier molecular flexibility index (Phi) is 4.38.